The number of halogens is 1. The van der Waals surface area contributed by atoms with Crippen molar-refractivity contribution in [2.24, 2.45) is 5.92 Å². The summed E-state index contributed by atoms with van der Waals surface area (Å²) in [7, 11) is 0. The second-order valence-corrected chi connectivity index (χ2v) is 7.50. The van der Waals surface area contributed by atoms with E-state index in [1.165, 1.54) is 18.4 Å². The lowest BCUT2D eigenvalue weighted by molar-refractivity contribution is -0.00921. The van der Waals surface area contributed by atoms with Crippen molar-refractivity contribution in [1.82, 2.24) is 5.32 Å². The molecule has 1 unspecified atom stereocenters. The highest BCUT2D eigenvalue weighted by Crippen LogP contribution is 2.23. The molecule has 1 N–H and O–H groups in total. The number of ether oxygens (including phenoxy) is 1. The predicted molar refractivity (Wildman–Crippen MR) is 90.0 cm³/mol. The summed E-state index contributed by atoms with van der Waals surface area (Å²) < 4.78 is 5.89. The summed E-state index contributed by atoms with van der Waals surface area (Å²) in [6, 6.07) is 8.93. The molecule has 1 aromatic rings. The van der Waals surface area contributed by atoms with Crippen LogP contribution in [-0.2, 0) is 11.2 Å². The maximum atomic E-state index is 6.30. The van der Waals surface area contributed by atoms with Gasteiger partial charge in [0.15, 0.2) is 0 Å². The summed E-state index contributed by atoms with van der Waals surface area (Å²) in [4.78, 5) is 0. The summed E-state index contributed by atoms with van der Waals surface area (Å²) in [6.45, 7) is 8.20. The molecule has 0 spiro atoms. The first-order chi connectivity index (χ1) is 9.94. The molecule has 0 aromatic heterocycles. The molecule has 1 fully saturated rings. The lowest BCUT2D eigenvalue weighted by Gasteiger charge is -2.23. The smallest absolute Gasteiger partial charge is 0.0598 e. The van der Waals surface area contributed by atoms with Crippen LogP contribution in [-0.4, -0.2) is 24.8 Å². The molecule has 1 atom stereocenters. The van der Waals surface area contributed by atoms with Gasteiger partial charge in [-0.25, -0.2) is 0 Å². The minimum atomic E-state index is -0.0567. The minimum absolute atomic E-state index is 0.0567. The lowest BCUT2D eigenvalue weighted by atomic mass is 9.96. The van der Waals surface area contributed by atoms with Crippen LogP contribution in [0.2, 0.25) is 5.02 Å². The summed E-state index contributed by atoms with van der Waals surface area (Å²) in [5.74, 6) is 0.577. The number of benzene rings is 1. The van der Waals surface area contributed by atoms with E-state index in [0.717, 1.165) is 37.1 Å². The van der Waals surface area contributed by atoms with E-state index in [1.54, 1.807) is 0 Å². The largest absolute Gasteiger partial charge is 0.376 e. The van der Waals surface area contributed by atoms with Crippen molar-refractivity contribution in [1.29, 1.82) is 0 Å². The monoisotopic (exact) mass is 309 g/mol. The summed E-state index contributed by atoms with van der Waals surface area (Å²) >= 11 is 6.30. The molecule has 0 saturated heterocycles. The van der Waals surface area contributed by atoms with E-state index in [-0.39, 0.29) is 5.60 Å². The van der Waals surface area contributed by atoms with E-state index in [0.29, 0.717) is 5.92 Å². The number of rotatable bonds is 8. The first-order valence-electron chi connectivity index (χ1n) is 8.05. The molecule has 118 valence electrons. The van der Waals surface area contributed by atoms with Crippen LogP contribution >= 0.6 is 11.6 Å². The molecule has 0 radical (unpaired) electrons. The van der Waals surface area contributed by atoms with Gasteiger partial charge in [0.25, 0.3) is 0 Å². The Kier molecular flexibility index (Phi) is 6.09. The Labute approximate surface area is 134 Å². The van der Waals surface area contributed by atoms with Gasteiger partial charge in [-0.15, -0.1) is 0 Å². The van der Waals surface area contributed by atoms with Gasteiger partial charge in [0.1, 0.15) is 0 Å². The van der Waals surface area contributed by atoms with E-state index >= 15 is 0 Å². The summed E-state index contributed by atoms with van der Waals surface area (Å²) in [5, 5.41) is 4.53. The second-order valence-electron chi connectivity index (χ2n) is 7.09. The molecule has 0 bridgehead atoms. The molecule has 2 rings (SSSR count). The molecule has 1 aromatic carbocycles. The molecule has 0 aliphatic heterocycles. The summed E-state index contributed by atoms with van der Waals surface area (Å²) in [6.07, 6.45) is 4.75. The Morgan fingerprint density at radius 3 is 2.62 bits per heavy atom. The SMILES string of the molecule is CC(C)(C)OCCC(CNC1CC1)Cc1ccccc1Cl. The van der Waals surface area contributed by atoms with Gasteiger partial charge >= 0.3 is 0 Å². The molecule has 21 heavy (non-hydrogen) atoms. The van der Waals surface area contributed by atoms with Crippen LogP contribution in [0.15, 0.2) is 24.3 Å². The predicted octanol–water partition coefficient (Wildman–Crippen LogP) is 4.46. The van der Waals surface area contributed by atoms with Crippen LogP contribution in [0.4, 0.5) is 0 Å². The Morgan fingerprint density at radius 2 is 2.00 bits per heavy atom. The number of nitrogens with one attached hydrogen (secondary N) is 1. The minimum Gasteiger partial charge on any atom is -0.376 e. The third kappa shape index (κ3) is 6.82. The van der Waals surface area contributed by atoms with Crippen LogP contribution in [0.1, 0.15) is 45.6 Å². The average Bonchev–Trinajstić information content (AvgIpc) is 3.21. The Bertz CT molecular complexity index is 437. The first kappa shape index (κ1) is 16.8. The molecule has 1 saturated carbocycles. The van der Waals surface area contributed by atoms with Crippen LogP contribution in [0.25, 0.3) is 0 Å². The fourth-order valence-electron chi connectivity index (χ4n) is 2.40. The third-order valence-electron chi connectivity index (χ3n) is 3.80. The maximum Gasteiger partial charge on any atom is 0.0598 e. The average molecular weight is 310 g/mol. The van der Waals surface area contributed by atoms with Crippen molar-refractivity contribution in [3.8, 4) is 0 Å². The molecular weight excluding hydrogens is 282 g/mol. The summed E-state index contributed by atoms with van der Waals surface area (Å²) in [5.41, 5.74) is 1.19. The maximum absolute atomic E-state index is 6.30. The fourth-order valence-corrected chi connectivity index (χ4v) is 2.62. The van der Waals surface area contributed by atoms with Gasteiger partial charge in [-0.3, -0.25) is 0 Å². The van der Waals surface area contributed by atoms with Gasteiger partial charge in [-0.05, 0) is 70.5 Å². The van der Waals surface area contributed by atoms with Gasteiger partial charge in [-0.2, -0.15) is 0 Å². The highest BCUT2D eigenvalue weighted by Gasteiger charge is 2.22. The fraction of sp³-hybridized carbons (Fsp3) is 0.667. The van der Waals surface area contributed by atoms with E-state index in [1.807, 2.05) is 12.1 Å². The van der Waals surface area contributed by atoms with Gasteiger partial charge < -0.3 is 10.1 Å². The van der Waals surface area contributed by atoms with Gasteiger partial charge in [0.2, 0.25) is 0 Å². The highest BCUT2D eigenvalue weighted by molar-refractivity contribution is 6.31. The zero-order chi connectivity index (χ0) is 15.3. The number of hydrogen-bond acceptors (Lipinski definition) is 2. The quantitative estimate of drug-likeness (QED) is 0.765. The van der Waals surface area contributed by atoms with E-state index < -0.39 is 0 Å². The van der Waals surface area contributed by atoms with Crippen molar-refractivity contribution < 1.29 is 4.74 Å². The zero-order valence-electron chi connectivity index (χ0n) is 13.5. The Balaban J connectivity index is 1.86. The van der Waals surface area contributed by atoms with Gasteiger partial charge in [0.05, 0.1) is 5.60 Å². The lowest BCUT2D eigenvalue weighted by Crippen LogP contribution is -2.28. The first-order valence-corrected chi connectivity index (χ1v) is 8.42. The molecule has 1 aliphatic rings. The van der Waals surface area contributed by atoms with Crippen molar-refractivity contribution in [2.75, 3.05) is 13.2 Å². The molecule has 2 nitrogen and oxygen atoms in total. The van der Waals surface area contributed by atoms with Crippen molar-refractivity contribution >= 4 is 11.6 Å². The molecule has 0 amide bonds. The zero-order valence-corrected chi connectivity index (χ0v) is 14.2. The topological polar surface area (TPSA) is 21.3 Å². The Morgan fingerprint density at radius 1 is 1.29 bits per heavy atom. The highest BCUT2D eigenvalue weighted by atomic mass is 35.5. The van der Waals surface area contributed by atoms with Gasteiger partial charge in [-0.1, -0.05) is 29.8 Å². The van der Waals surface area contributed by atoms with Gasteiger partial charge in [0, 0.05) is 17.7 Å². The number of hydrogen-bond donors (Lipinski definition) is 1. The van der Waals surface area contributed by atoms with E-state index in [4.69, 9.17) is 16.3 Å². The molecule has 3 heteroatoms. The van der Waals surface area contributed by atoms with Crippen molar-refractivity contribution in [3.05, 3.63) is 34.9 Å². The Hall–Kier alpha value is -0.570. The van der Waals surface area contributed by atoms with Crippen LogP contribution in [0.3, 0.4) is 0 Å². The molecular formula is C18H28ClNO. The van der Waals surface area contributed by atoms with Crippen LogP contribution in [0, 0.1) is 5.92 Å². The van der Waals surface area contributed by atoms with E-state index in [2.05, 4.69) is 38.2 Å². The van der Waals surface area contributed by atoms with E-state index in [9.17, 15) is 0 Å². The van der Waals surface area contributed by atoms with Crippen LogP contribution in [0.5, 0.6) is 0 Å². The van der Waals surface area contributed by atoms with Crippen LogP contribution < -0.4 is 5.32 Å². The second kappa shape index (κ2) is 7.62. The molecule has 0 heterocycles. The van der Waals surface area contributed by atoms with Crippen molar-refractivity contribution in [3.63, 3.8) is 0 Å². The van der Waals surface area contributed by atoms with Crippen molar-refractivity contribution in [2.45, 2.75) is 58.1 Å². The molecule has 1 aliphatic carbocycles. The standard InChI is InChI=1S/C18H28ClNO/c1-18(2,3)21-11-10-14(13-20-16-8-9-16)12-15-6-4-5-7-17(15)19/h4-7,14,16,20H,8-13H2,1-3H3. The normalized spacial score (nSPS) is 17.0. The third-order valence-corrected chi connectivity index (χ3v) is 4.17.